The van der Waals surface area contributed by atoms with Gasteiger partial charge in [0.2, 0.25) is 0 Å². The molecule has 2 unspecified atom stereocenters. The van der Waals surface area contributed by atoms with E-state index < -0.39 is 5.72 Å². The molecule has 0 bridgehead atoms. The fourth-order valence-electron chi connectivity index (χ4n) is 4.03. The van der Waals surface area contributed by atoms with Gasteiger partial charge in [-0.25, -0.2) is 4.98 Å². The first-order valence-electron chi connectivity index (χ1n) is 9.08. The Hall–Kier alpha value is -2.96. The number of H-pyrrole nitrogens is 1. The lowest BCUT2D eigenvalue weighted by Gasteiger charge is -2.38. The molecule has 2 atom stereocenters. The molecule has 0 saturated carbocycles. The lowest BCUT2D eigenvalue weighted by Crippen LogP contribution is -2.45. The number of nitrogens with zero attached hydrogens (tertiary/aromatic N) is 2. The van der Waals surface area contributed by atoms with E-state index in [0.717, 1.165) is 10.4 Å². The minimum Gasteiger partial charge on any atom is -0.363 e. The predicted octanol–water partition coefficient (Wildman–Crippen LogP) is 4.14. The smallest absolute Gasteiger partial charge is 0.257 e. The standard InChI is InChI=1S/C22H18N3O2S/c1-13-7-10-20(28-13)14(2)25-21(26)16-5-3-4-6-17(16)22(25,27)15-8-9-18-19(11-15)24-12-23-18/h3-11,14,27H,1-2H3,(H,23,24). The van der Waals surface area contributed by atoms with Gasteiger partial charge in [-0.05, 0) is 44.2 Å². The molecule has 28 heavy (non-hydrogen) atoms. The molecule has 0 saturated heterocycles. The topological polar surface area (TPSA) is 69.2 Å². The summed E-state index contributed by atoms with van der Waals surface area (Å²) in [5.41, 5.74) is 1.69. The van der Waals surface area contributed by atoms with Gasteiger partial charge < -0.3 is 10.1 Å². The Morgan fingerprint density at radius 3 is 2.82 bits per heavy atom. The molecule has 2 aromatic heterocycles. The largest absolute Gasteiger partial charge is 0.363 e. The molecule has 1 aliphatic heterocycles. The van der Waals surface area contributed by atoms with Gasteiger partial charge >= 0.3 is 0 Å². The highest BCUT2D eigenvalue weighted by atomic mass is 32.1. The van der Waals surface area contributed by atoms with E-state index in [1.807, 2.05) is 62.4 Å². The van der Waals surface area contributed by atoms with Gasteiger partial charge in [-0.2, -0.15) is 0 Å². The van der Waals surface area contributed by atoms with E-state index in [0.29, 0.717) is 22.2 Å². The zero-order valence-corrected chi connectivity index (χ0v) is 16.2. The number of thiophene rings is 1. The lowest BCUT2D eigenvalue weighted by atomic mass is 9.92. The van der Waals surface area contributed by atoms with Gasteiger partial charge in [0, 0.05) is 26.4 Å². The SMILES string of the molecule is Cc1ccc(C(C)N2C(=O)c3ccccc3C2(O)c2ccc3[nH][c]nc3c2)s1. The van der Waals surface area contributed by atoms with Gasteiger partial charge in [-0.3, -0.25) is 9.69 Å². The van der Waals surface area contributed by atoms with Crippen molar-refractivity contribution in [3.8, 4) is 0 Å². The van der Waals surface area contributed by atoms with Crippen LogP contribution in [-0.2, 0) is 5.72 Å². The predicted molar refractivity (Wildman–Crippen MR) is 108 cm³/mol. The third kappa shape index (κ3) is 2.28. The minimum atomic E-state index is -1.57. The van der Waals surface area contributed by atoms with Crippen molar-refractivity contribution >= 4 is 28.3 Å². The molecular formula is C22H18N3O2S. The first-order valence-corrected chi connectivity index (χ1v) is 9.90. The van der Waals surface area contributed by atoms with Crippen LogP contribution < -0.4 is 0 Å². The number of hydrogen-bond donors (Lipinski definition) is 2. The van der Waals surface area contributed by atoms with Gasteiger partial charge in [-0.1, -0.05) is 24.3 Å². The maximum absolute atomic E-state index is 13.4. The van der Waals surface area contributed by atoms with Crippen LogP contribution in [0.15, 0.2) is 54.6 Å². The monoisotopic (exact) mass is 388 g/mol. The summed E-state index contributed by atoms with van der Waals surface area (Å²) in [6.45, 7) is 4.00. The molecule has 1 aliphatic rings. The Morgan fingerprint density at radius 1 is 1.21 bits per heavy atom. The number of hydrogen-bond acceptors (Lipinski definition) is 4. The second-order valence-corrected chi connectivity index (χ2v) is 8.42. The molecule has 0 aliphatic carbocycles. The number of aliphatic hydroxyl groups is 1. The molecule has 5 rings (SSSR count). The number of rotatable bonds is 3. The van der Waals surface area contributed by atoms with Crippen LogP contribution in [0.25, 0.3) is 11.0 Å². The van der Waals surface area contributed by atoms with Crippen LogP contribution in [0.2, 0.25) is 0 Å². The van der Waals surface area contributed by atoms with E-state index in [-0.39, 0.29) is 11.9 Å². The maximum Gasteiger partial charge on any atom is 0.257 e. The molecule has 139 valence electrons. The summed E-state index contributed by atoms with van der Waals surface area (Å²) >= 11 is 1.64. The molecule has 0 spiro atoms. The van der Waals surface area contributed by atoms with Crippen LogP contribution in [0.1, 0.15) is 44.2 Å². The summed E-state index contributed by atoms with van der Waals surface area (Å²) in [4.78, 5) is 24.3. The second-order valence-electron chi connectivity index (χ2n) is 7.10. The summed E-state index contributed by atoms with van der Waals surface area (Å²) in [6.07, 6.45) is 2.72. The average Bonchev–Trinajstić information content (AvgIpc) is 3.40. The Morgan fingerprint density at radius 2 is 2.04 bits per heavy atom. The van der Waals surface area contributed by atoms with E-state index in [1.165, 1.54) is 4.88 Å². The number of aromatic amines is 1. The zero-order chi connectivity index (χ0) is 19.5. The number of carbonyl (C=O) groups excluding carboxylic acids is 1. The Balaban J connectivity index is 1.73. The quantitative estimate of drug-likeness (QED) is 0.554. The average molecular weight is 388 g/mol. The lowest BCUT2D eigenvalue weighted by molar-refractivity contribution is -0.0670. The van der Waals surface area contributed by atoms with E-state index in [9.17, 15) is 9.90 Å². The highest BCUT2D eigenvalue weighted by Gasteiger charge is 2.52. The van der Waals surface area contributed by atoms with Crippen molar-refractivity contribution in [1.29, 1.82) is 0 Å². The van der Waals surface area contributed by atoms with Crippen molar-refractivity contribution in [1.82, 2.24) is 14.9 Å². The van der Waals surface area contributed by atoms with Crippen LogP contribution >= 0.6 is 11.3 Å². The Kier molecular flexibility index (Phi) is 3.69. The Labute approximate surface area is 166 Å². The zero-order valence-electron chi connectivity index (χ0n) is 15.4. The van der Waals surface area contributed by atoms with Crippen molar-refractivity contribution in [2.24, 2.45) is 0 Å². The molecule has 4 aromatic rings. The van der Waals surface area contributed by atoms with Crippen molar-refractivity contribution in [3.05, 3.63) is 87.4 Å². The maximum atomic E-state index is 13.4. The molecule has 5 nitrogen and oxygen atoms in total. The van der Waals surface area contributed by atoms with Crippen LogP contribution in [0.4, 0.5) is 0 Å². The minimum absolute atomic E-state index is 0.176. The number of aromatic nitrogens is 2. The van der Waals surface area contributed by atoms with Gasteiger partial charge in [-0.15, -0.1) is 11.3 Å². The second kappa shape index (κ2) is 6.02. The molecule has 0 fully saturated rings. The number of amides is 1. The normalized spacial score (nSPS) is 20.0. The van der Waals surface area contributed by atoms with Gasteiger partial charge in [0.1, 0.15) is 0 Å². The van der Waals surface area contributed by atoms with Crippen molar-refractivity contribution in [2.45, 2.75) is 25.6 Å². The molecular weight excluding hydrogens is 370 g/mol. The molecule has 6 heteroatoms. The van der Waals surface area contributed by atoms with Gasteiger partial charge in [0.15, 0.2) is 12.1 Å². The molecule has 1 amide bonds. The molecule has 2 N–H and O–H groups in total. The van der Waals surface area contributed by atoms with E-state index in [2.05, 4.69) is 16.3 Å². The Bertz CT molecular complexity index is 1210. The summed E-state index contributed by atoms with van der Waals surface area (Å²) in [5.74, 6) is -0.176. The number of aryl methyl sites for hydroxylation is 1. The van der Waals surface area contributed by atoms with Crippen LogP contribution in [-0.4, -0.2) is 25.9 Å². The third-order valence-corrected chi connectivity index (χ3v) is 6.60. The molecule has 3 heterocycles. The van der Waals surface area contributed by atoms with Crippen LogP contribution in [0.5, 0.6) is 0 Å². The van der Waals surface area contributed by atoms with E-state index in [4.69, 9.17) is 0 Å². The third-order valence-electron chi connectivity index (χ3n) is 5.43. The van der Waals surface area contributed by atoms with Crippen molar-refractivity contribution in [2.75, 3.05) is 0 Å². The highest BCUT2D eigenvalue weighted by molar-refractivity contribution is 7.12. The molecule has 1 radical (unpaired) electrons. The first kappa shape index (κ1) is 17.2. The summed E-state index contributed by atoms with van der Waals surface area (Å²) in [6, 6.07) is 16.5. The highest BCUT2D eigenvalue weighted by Crippen LogP contribution is 2.47. The number of imidazole rings is 1. The van der Waals surface area contributed by atoms with E-state index in [1.54, 1.807) is 22.3 Å². The molecule has 2 aromatic carbocycles. The number of benzene rings is 2. The fraction of sp³-hybridized carbons (Fsp3) is 0.182. The fourth-order valence-corrected chi connectivity index (χ4v) is 4.95. The van der Waals surface area contributed by atoms with Crippen molar-refractivity contribution < 1.29 is 9.90 Å². The van der Waals surface area contributed by atoms with Crippen LogP contribution in [0, 0.1) is 13.3 Å². The van der Waals surface area contributed by atoms with Crippen LogP contribution in [0.3, 0.4) is 0 Å². The number of fused-ring (bicyclic) bond motifs is 2. The van der Waals surface area contributed by atoms with Gasteiger partial charge in [0.05, 0.1) is 17.1 Å². The number of carbonyl (C=O) groups is 1. The van der Waals surface area contributed by atoms with Crippen molar-refractivity contribution in [3.63, 3.8) is 0 Å². The summed E-state index contributed by atoms with van der Waals surface area (Å²) in [7, 11) is 0. The summed E-state index contributed by atoms with van der Waals surface area (Å²) < 4.78 is 0. The summed E-state index contributed by atoms with van der Waals surface area (Å²) in [5, 5.41) is 12.0. The number of nitrogens with one attached hydrogen (secondary N) is 1. The van der Waals surface area contributed by atoms with E-state index >= 15 is 0 Å². The first-order chi connectivity index (χ1) is 13.5. The van der Waals surface area contributed by atoms with Gasteiger partial charge in [0.25, 0.3) is 5.91 Å².